The topological polar surface area (TPSA) is 90.4 Å². The summed E-state index contributed by atoms with van der Waals surface area (Å²) in [6, 6.07) is 15.0. The van der Waals surface area contributed by atoms with E-state index in [1.165, 1.54) is 9.80 Å². The predicted molar refractivity (Wildman–Crippen MR) is 175 cm³/mol. The van der Waals surface area contributed by atoms with Gasteiger partial charge in [0.15, 0.2) is 0 Å². The number of fused-ring (bicyclic) bond motifs is 1. The number of ether oxygens (including phenoxy) is 1. The van der Waals surface area contributed by atoms with Gasteiger partial charge >= 0.3 is 0 Å². The van der Waals surface area contributed by atoms with Crippen LogP contribution in [0.3, 0.4) is 0 Å². The Balaban J connectivity index is 1.64. The van der Waals surface area contributed by atoms with Crippen LogP contribution in [-0.4, -0.2) is 75.6 Å². The Hall–Kier alpha value is -3.46. The molecule has 2 aromatic rings. The maximum Gasteiger partial charge on any atom is 0.253 e. The van der Waals surface area contributed by atoms with Gasteiger partial charge in [0.25, 0.3) is 5.91 Å². The van der Waals surface area contributed by atoms with Crippen molar-refractivity contribution in [1.82, 2.24) is 9.80 Å². The lowest BCUT2D eigenvalue weighted by molar-refractivity contribution is -0.154. The summed E-state index contributed by atoms with van der Waals surface area (Å²) in [5.41, 5.74) is -0.825. The minimum atomic E-state index is -1.28. The van der Waals surface area contributed by atoms with Gasteiger partial charge in [0.2, 0.25) is 11.8 Å². The molecular weight excluding hydrogens is 590 g/mol. The molecule has 3 aliphatic heterocycles. The molecule has 240 valence electrons. The fourth-order valence-corrected chi connectivity index (χ4v) is 8.19. The van der Waals surface area contributed by atoms with Gasteiger partial charge in [-0.25, -0.2) is 0 Å². The zero-order chi connectivity index (χ0) is 32.7. The van der Waals surface area contributed by atoms with Crippen LogP contribution < -0.4 is 4.90 Å². The summed E-state index contributed by atoms with van der Waals surface area (Å²) in [7, 11) is 0. The third kappa shape index (κ3) is 5.30. The molecule has 1 N–H and O–H groups in total. The summed E-state index contributed by atoms with van der Waals surface area (Å²) in [6.45, 7) is 16.0. The van der Waals surface area contributed by atoms with E-state index >= 15 is 0 Å². The van der Waals surface area contributed by atoms with Crippen LogP contribution in [0.1, 0.15) is 39.7 Å². The van der Waals surface area contributed by atoms with E-state index in [1.807, 2.05) is 58.0 Å². The van der Waals surface area contributed by atoms with Gasteiger partial charge in [0.05, 0.1) is 40.8 Å². The number of nitrogens with zero attached hydrogens (tertiary/aromatic N) is 3. The third-order valence-corrected chi connectivity index (χ3v) is 10.5. The summed E-state index contributed by atoms with van der Waals surface area (Å²) in [5.74, 6) is -2.98. The molecule has 0 aliphatic carbocycles. The number of likely N-dealkylation sites (tertiary alicyclic amines) is 1. The van der Waals surface area contributed by atoms with Crippen molar-refractivity contribution >= 4 is 35.0 Å². The predicted octanol–water partition coefficient (Wildman–Crippen LogP) is 5.10. The van der Waals surface area contributed by atoms with E-state index in [0.29, 0.717) is 30.2 Å². The number of aliphatic hydroxyl groups excluding tert-OH is 1. The first-order valence-electron chi connectivity index (χ1n) is 15.7. The molecule has 3 heterocycles. The van der Waals surface area contributed by atoms with Crippen LogP contribution in [0.25, 0.3) is 0 Å². The molecule has 3 amide bonds. The lowest BCUT2D eigenvalue weighted by Gasteiger charge is -2.40. The van der Waals surface area contributed by atoms with E-state index in [-0.39, 0.29) is 42.7 Å². The number of benzene rings is 2. The zero-order valence-electron chi connectivity index (χ0n) is 26.6. The standard InChI is InChI=1S/C36H44ClN3O5/c1-7-18-38(21-25-14-10-9-11-15-25)32(42)29-30-33(43)40(28(22-41)23(3)4)31(36(30)20-24(5)35(29,6)45-36)34(44)39(19-8-2)27-17-13-12-16-26(27)37/h7-17,23-24,28-31,41H,1-2,18-22H2,3-6H3/t24?,28-,29+,30-,31?,35-,36?/m0/s1. The van der Waals surface area contributed by atoms with Crippen molar-refractivity contribution in [1.29, 1.82) is 0 Å². The average Bonchev–Trinajstić information content (AvgIpc) is 3.53. The second kappa shape index (κ2) is 12.7. The van der Waals surface area contributed by atoms with Gasteiger partial charge in [0.1, 0.15) is 11.6 Å². The molecule has 45 heavy (non-hydrogen) atoms. The summed E-state index contributed by atoms with van der Waals surface area (Å²) in [6.07, 6.45) is 3.71. The van der Waals surface area contributed by atoms with Gasteiger partial charge in [-0.3, -0.25) is 14.4 Å². The normalized spacial score (nSPS) is 29.0. The highest BCUT2D eigenvalue weighted by Crippen LogP contribution is 2.66. The molecule has 3 unspecified atom stereocenters. The summed E-state index contributed by atoms with van der Waals surface area (Å²) < 4.78 is 6.98. The molecule has 2 bridgehead atoms. The van der Waals surface area contributed by atoms with Gasteiger partial charge in [-0.1, -0.05) is 87.0 Å². The van der Waals surface area contributed by atoms with Gasteiger partial charge in [-0.2, -0.15) is 0 Å². The first-order chi connectivity index (χ1) is 21.5. The maximum atomic E-state index is 14.9. The lowest BCUT2D eigenvalue weighted by Crippen LogP contribution is -2.60. The number of halogens is 1. The van der Waals surface area contributed by atoms with Gasteiger partial charge in [-0.05, 0) is 42.9 Å². The smallest absolute Gasteiger partial charge is 0.253 e. The van der Waals surface area contributed by atoms with Crippen LogP contribution in [-0.2, 0) is 25.7 Å². The molecule has 3 aliphatic rings. The number of amides is 3. The minimum absolute atomic E-state index is 0.132. The quantitative estimate of drug-likeness (QED) is 0.329. The number of hydrogen-bond acceptors (Lipinski definition) is 5. The van der Waals surface area contributed by atoms with E-state index in [9.17, 15) is 19.5 Å². The number of carbonyl (C=O) groups is 3. The van der Waals surface area contributed by atoms with E-state index in [1.54, 1.807) is 41.3 Å². The number of para-hydroxylation sites is 1. The molecule has 7 atom stereocenters. The van der Waals surface area contributed by atoms with E-state index in [0.717, 1.165) is 5.56 Å². The van der Waals surface area contributed by atoms with Crippen molar-refractivity contribution in [3.05, 3.63) is 90.5 Å². The van der Waals surface area contributed by atoms with Crippen LogP contribution in [0.5, 0.6) is 0 Å². The molecule has 2 aromatic carbocycles. The Morgan fingerprint density at radius 3 is 2.33 bits per heavy atom. The maximum absolute atomic E-state index is 14.9. The number of anilines is 1. The first kappa shape index (κ1) is 32.9. The Kier molecular flexibility index (Phi) is 9.32. The molecule has 0 saturated carbocycles. The molecule has 3 fully saturated rings. The highest BCUT2D eigenvalue weighted by atomic mass is 35.5. The van der Waals surface area contributed by atoms with Crippen LogP contribution in [0.4, 0.5) is 5.69 Å². The third-order valence-electron chi connectivity index (χ3n) is 10.2. The van der Waals surface area contributed by atoms with Crippen LogP contribution in [0.2, 0.25) is 5.02 Å². The summed E-state index contributed by atoms with van der Waals surface area (Å²) >= 11 is 6.60. The van der Waals surface area contributed by atoms with Gasteiger partial charge in [-0.15, -0.1) is 13.2 Å². The van der Waals surface area contributed by atoms with Gasteiger partial charge < -0.3 is 24.5 Å². The molecule has 5 rings (SSSR count). The van der Waals surface area contributed by atoms with Crippen molar-refractivity contribution in [3.63, 3.8) is 0 Å². The number of aliphatic hydroxyl groups is 1. The highest BCUT2D eigenvalue weighted by Gasteiger charge is 2.80. The Morgan fingerprint density at radius 2 is 1.73 bits per heavy atom. The Labute approximate surface area is 271 Å². The Morgan fingerprint density at radius 1 is 1.09 bits per heavy atom. The van der Waals surface area contributed by atoms with E-state index < -0.39 is 35.1 Å². The fourth-order valence-electron chi connectivity index (χ4n) is 7.95. The van der Waals surface area contributed by atoms with Crippen LogP contribution in [0, 0.1) is 23.7 Å². The highest BCUT2D eigenvalue weighted by molar-refractivity contribution is 6.34. The molecule has 9 heteroatoms. The first-order valence-corrected chi connectivity index (χ1v) is 16.1. The zero-order valence-corrected chi connectivity index (χ0v) is 27.3. The molecular formula is C36H44ClN3O5. The number of rotatable bonds is 12. The second-order valence-electron chi connectivity index (χ2n) is 13.1. The van der Waals surface area contributed by atoms with Gasteiger partial charge in [0, 0.05) is 19.6 Å². The van der Waals surface area contributed by atoms with Crippen LogP contribution >= 0.6 is 11.6 Å². The number of carbonyl (C=O) groups excluding carboxylic acids is 3. The monoisotopic (exact) mass is 633 g/mol. The molecule has 8 nitrogen and oxygen atoms in total. The van der Waals surface area contributed by atoms with Crippen molar-refractivity contribution in [2.75, 3.05) is 24.6 Å². The largest absolute Gasteiger partial charge is 0.394 e. The number of hydrogen-bond donors (Lipinski definition) is 1. The molecule has 1 spiro atoms. The van der Waals surface area contributed by atoms with Crippen molar-refractivity contribution < 1.29 is 24.2 Å². The molecule has 3 saturated heterocycles. The summed E-state index contributed by atoms with van der Waals surface area (Å²) in [5, 5.41) is 11.0. The Bertz CT molecular complexity index is 1470. The van der Waals surface area contributed by atoms with E-state index in [2.05, 4.69) is 13.2 Å². The van der Waals surface area contributed by atoms with Crippen LogP contribution in [0.15, 0.2) is 79.9 Å². The van der Waals surface area contributed by atoms with Crippen molar-refractivity contribution in [2.45, 2.75) is 63.9 Å². The van der Waals surface area contributed by atoms with Crippen molar-refractivity contribution in [3.8, 4) is 0 Å². The molecule has 0 radical (unpaired) electrons. The second-order valence-corrected chi connectivity index (χ2v) is 13.5. The van der Waals surface area contributed by atoms with Crippen molar-refractivity contribution in [2.24, 2.45) is 23.7 Å². The minimum Gasteiger partial charge on any atom is -0.394 e. The summed E-state index contributed by atoms with van der Waals surface area (Å²) in [4.78, 5) is 49.2. The molecule has 0 aromatic heterocycles. The average molecular weight is 634 g/mol. The fraction of sp³-hybridized carbons (Fsp3) is 0.472. The lowest BCUT2D eigenvalue weighted by atomic mass is 9.62. The SMILES string of the molecule is C=CCN(Cc1ccccc1)C(=O)[C@H]1[C@H]2C(=O)N([C@@H](CO)C(C)C)C(C(=O)N(CC=C)c3ccccc3Cl)C23CC(C)[C@]1(C)O3. The van der Waals surface area contributed by atoms with E-state index in [4.69, 9.17) is 16.3 Å².